The van der Waals surface area contributed by atoms with Gasteiger partial charge in [-0.15, -0.1) is 20.5 Å². The highest BCUT2D eigenvalue weighted by Crippen LogP contribution is 2.44. The van der Waals surface area contributed by atoms with Crippen LogP contribution in [0.25, 0.3) is 0 Å². The number of nitrogens with zero attached hydrogens (tertiary/aromatic N) is 8. The predicted molar refractivity (Wildman–Crippen MR) is 293 cm³/mol. The van der Waals surface area contributed by atoms with Gasteiger partial charge in [0.25, 0.3) is 11.1 Å². The zero-order valence-corrected chi connectivity index (χ0v) is 46.1. The van der Waals surface area contributed by atoms with Gasteiger partial charge in [-0.05, 0) is 169 Å². The van der Waals surface area contributed by atoms with Crippen LogP contribution in [0.4, 0.5) is 22.7 Å². The SMILES string of the molecule is Cc1c(C#N)c(N=Nc2ccccc2C(=O)OC2CC(C)CCC2C(C)C)c(=O)n(C2CCC(CC3CCC(n4c(O)c(C)c(C#N)c(N=Nc5ccccc5C(=O)OC5CC(C)CCC5C(C)C)c4=O)CC3)CC2)c1O. The van der Waals surface area contributed by atoms with Gasteiger partial charge in [0, 0.05) is 23.2 Å². The molecule has 2 N–H and O–H groups in total. The first-order valence-electron chi connectivity index (χ1n) is 28.1. The Morgan fingerprint density at radius 1 is 0.584 bits per heavy atom. The largest absolute Gasteiger partial charge is 0.494 e. The van der Waals surface area contributed by atoms with Gasteiger partial charge in [0.15, 0.2) is 23.1 Å². The number of ether oxygens (including phenoxy) is 2. The van der Waals surface area contributed by atoms with E-state index in [1.807, 2.05) is 0 Å². The maximum atomic E-state index is 14.3. The van der Waals surface area contributed by atoms with Gasteiger partial charge < -0.3 is 19.7 Å². The summed E-state index contributed by atoms with van der Waals surface area (Å²) in [6.45, 7) is 16.1. The van der Waals surface area contributed by atoms with E-state index in [-0.39, 0.29) is 104 Å². The van der Waals surface area contributed by atoms with Crippen molar-refractivity contribution in [3.05, 3.63) is 103 Å². The Kier molecular flexibility index (Phi) is 18.0. The Labute approximate surface area is 452 Å². The third-order valence-corrected chi connectivity index (χ3v) is 17.6. The van der Waals surface area contributed by atoms with Crippen LogP contribution in [0, 0.1) is 83.9 Å². The second-order valence-electron chi connectivity index (χ2n) is 23.5. The number of benzene rings is 2. The van der Waals surface area contributed by atoms with Crippen LogP contribution < -0.4 is 11.1 Å². The van der Waals surface area contributed by atoms with Crippen molar-refractivity contribution < 1.29 is 29.3 Å². The van der Waals surface area contributed by atoms with Gasteiger partial charge in [0.2, 0.25) is 0 Å². The third kappa shape index (κ3) is 12.3. The molecule has 2 heterocycles. The van der Waals surface area contributed by atoms with Crippen LogP contribution in [0.1, 0.15) is 193 Å². The molecule has 4 aromatic rings. The number of nitriles is 2. The number of rotatable bonds is 14. The molecule has 6 atom stereocenters. The van der Waals surface area contributed by atoms with E-state index in [2.05, 4.69) is 74.1 Å². The van der Waals surface area contributed by atoms with Crippen molar-refractivity contribution in [3.63, 3.8) is 0 Å². The van der Waals surface area contributed by atoms with Crippen molar-refractivity contribution in [2.75, 3.05) is 0 Å². The molecule has 2 aromatic heterocycles. The minimum Gasteiger partial charge on any atom is -0.494 e. The molecule has 4 aliphatic rings. The van der Waals surface area contributed by atoms with E-state index in [1.54, 1.807) is 62.4 Å². The van der Waals surface area contributed by atoms with Crippen LogP contribution in [0.3, 0.4) is 0 Å². The van der Waals surface area contributed by atoms with Gasteiger partial charge in [-0.3, -0.25) is 18.7 Å². The Morgan fingerprint density at radius 3 is 1.30 bits per heavy atom. The smallest absolute Gasteiger partial charge is 0.340 e. The molecule has 8 rings (SSSR count). The van der Waals surface area contributed by atoms with E-state index in [1.165, 1.54) is 9.13 Å². The molecule has 4 fully saturated rings. The Hall–Kier alpha value is -6.94. The summed E-state index contributed by atoms with van der Waals surface area (Å²) in [5, 5.41) is 60.7. The molecule has 0 radical (unpaired) electrons. The van der Waals surface area contributed by atoms with Crippen LogP contribution in [0.15, 0.2) is 78.6 Å². The molecular weight excluding hydrogens is 973 g/mol. The first-order chi connectivity index (χ1) is 36.9. The van der Waals surface area contributed by atoms with Gasteiger partial charge in [-0.25, -0.2) is 9.59 Å². The normalized spacial score (nSPS) is 25.9. The van der Waals surface area contributed by atoms with Crippen molar-refractivity contribution in [2.45, 2.75) is 176 Å². The highest BCUT2D eigenvalue weighted by Gasteiger charge is 2.37. The standard InChI is InChI=1S/C61H76N8O8/c1-34(2)44-27-17-36(5)29-52(44)76-60(74)46-13-9-11-15-50(46)64-66-54-48(32-62)38(7)56(70)68(58(54)72)42-23-19-40(20-24-42)31-41-21-25-43(26-22-41)69-57(71)39(8)49(33-63)55(59(69)73)67-65-51-16-12-10-14-47(51)61(75)77-53-30-37(6)18-28-45(53)35(3)4/h9-16,34-37,40-45,52-53,70-71H,17-31H2,1-8H3. The van der Waals surface area contributed by atoms with E-state index < -0.39 is 23.1 Å². The van der Waals surface area contributed by atoms with E-state index >= 15 is 0 Å². The number of carbonyl (C=O) groups excluding carboxylic acids is 2. The number of hydrogen-bond donors (Lipinski definition) is 2. The third-order valence-electron chi connectivity index (χ3n) is 17.6. The van der Waals surface area contributed by atoms with Gasteiger partial charge in [-0.1, -0.05) is 78.6 Å². The first-order valence-corrected chi connectivity index (χ1v) is 28.1. The second-order valence-corrected chi connectivity index (χ2v) is 23.5. The van der Waals surface area contributed by atoms with Crippen LogP contribution >= 0.6 is 0 Å². The predicted octanol–water partition coefficient (Wildman–Crippen LogP) is 14.4. The van der Waals surface area contributed by atoms with E-state index in [0.29, 0.717) is 61.2 Å². The van der Waals surface area contributed by atoms with Crippen molar-refractivity contribution >= 4 is 34.7 Å². The fraction of sp³-hybridized carbons (Fsp3) is 0.574. The molecule has 16 heteroatoms. The maximum absolute atomic E-state index is 14.3. The second kappa shape index (κ2) is 24.6. The molecule has 16 nitrogen and oxygen atoms in total. The average molecular weight is 1050 g/mol. The number of carbonyl (C=O) groups is 2. The number of hydrogen-bond acceptors (Lipinski definition) is 14. The molecule has 4 saturated carbocycles. The van der Waals surface area contributed by atoms with E-state index in [9.17, 15) is 39.9 Å². The van der Waals surface area contributed by atoms with Crippen LogP contribution in [-0.4, -0.2) is 43.5 Å². The molecular formula is C61H76N8O8. The minimum absolute atomic E-state index is 0.0796. The Balaban J connectivity index is 0.918. The Bertz CT molecular complexity index is 2890. The highest BCUT2D eigenvalue weighted by atomic mass is 16.5. The summed E-state index contributed by atoms with van der Waals surface area (Å²) >= 11 is 0. The van der Waals surface area contributed by atoms with Crippen LogP contribution in [0.2, 0.25) is 0 Å². The number of esters is 2. The lowest BCUT2D eigenvalue weighted by Crippen LogP contribution is -2.35. The van der Waals surface area contributed by atoms with Crippen molar-refractivity contribution in [1.29, 1.82) is 10.5 Å². The van der Waals surface area contributed by atoms with Gasteiger partial charge >= 0.3 is 11.9 Å². The van der Waals surface area contributed by atoms with Crippen LogP contribution in [0.5, 0.6) is 11.8 Å². The fourth-order valence-electron chi connectivity index (χ4n) is 13.0. The topological polar surface area (TPSA) is 234 Å². The zero-order chi connectivity index (χ0) is 55.2. The average Bonchev–Trinajstić information content (AvgIpc) is 3.43. The highest BCUT2D eigenvalue weighted by molar-refractivity contribution is 5.95. The summed E-state index contributed by atoms with van der Waals surface area (Å²) in [5.74, 6) is 1.23. The summed E-state index contributed by atoms with van der Waals surface area (Å²) < 4.78 is 15.0. The van der Waals surface area contributed by atoms with Gasteiger partial charge in [-0.2, -0.15) is 10.5 Å². The van der Waals surface area contributed by atoms with Crippen molar-refractivity contribution in [3.8, 4) is 23.9 Å². The maximum Gasteiger partial charge on any atom is 0.340 e. The quantitative estimate of drug-likeness (QED) is 0.0895. The molecule has 4 aliphatic carbocycles. The first kappa shape index (κ1) is 56.3. The molecule has 0 aliphatic heterocycles. The van der Waals surface area contributed by atoms with Crippen molar-refractivity contribution in [2.24, 2.45) is 67.8 Å². The summed E-state index contributed by atoms with van der Waals surface area (Å²) in [6, 6.07) is 16.8. The zero-order valence-electron chi connectivity index (χ0n) is 46.1. The lowest BCUT2D eigenvalue weighted by molar-refractivity contribution is -0.0181. The molecule has 0 amide bonds. The number of aromatic hydroxyl groups is 2. The van der Waals surface area contributed by atoms with Crippen LogP contribution in [-0.2, 0) is 9.47 Å². The van der Waals surface area contributed by atoms with E-state index in [4.69, 9.17) is 9.47 Å². The number of pyridine rings is 2. The molecule has 6 unspecified atom stereocenters. The summed E-state index contributed by atoms with van der Waals surface area (Å²) in [6.07, 6.45) is 11.9. The summed E-state index contributed by atoms with van der Waals surface area (Å²) in [5.41, 5.74) is -0.508. The molecule has 2 aromatic carbocycles. The fourth-order valence-corrected chi connectivity index (χ4v) is 13.0. The minimum atomic E-state index is -0.624. The monoisotopic (exact) mass is 1050 g/mol. The van der Waals surface area contributed by atoms with Crippen molar-refractivity contribution in [1.82, 2.24) is 9.13 Å². The molecule has 0 spiro atoms. The number of azo groups is 2. The summed E-state index contributed by atoms with van der Waals surface area (Å²) in [7, 11) is 0. The van der Waals surface area contributed by atoms with Gasteiger partial charge in [0.05, 0.1) is 22.3 Å². The summed E-state index contributed by atoms with van der Waals surface area (Å²) in [4.78, 5) is 55.9. The number of aromatic nitrogens is 2. The van der Waals surface area contributed by atoms with Gasteiger partial charge in [0.1, 0.15) is 35.7 Å². The van der Waals surface area contributed by atoms with E-state index in [0.717, 1.165) is 70.6 Å². The molecule has 408 valence electrons. The lowest BCUT2D eigenvalue weighted by Gasteiger charge is -2.36. The molecule has 0 saturated heterocycles. The Morgan fingerprint density at radius 2 is 0.948 bits per heavy atom. The molecule has 0 bridgehead atoms. The molecule has 77 heavy (non-hydrogen) atoms. The lowest BCUT2D eigenvalue weighted by atomic mass is 9.75.